The number of ether oxygens (including phenoxy) is 1. The lowest BCUT2D eigenvalue weighted by atomic mass is 9.96. The van der Waals surface area contributed by atoms with Crippen LogP contribution in [0.2, 0.25) is 0 Å². The fraction of sp³-hybridized carbons (Fsp3) is 0.615. The summed E-state index contributed by atoms with van der Waals surface area (Å²) in [6, 6.07) is 8.92. The SMILES string of the molecule is C=C1CCOC/C1=C(/C)CCCN1CCN(c2ccc(C)cc2)CC1.CCCC.Cl. The van der Waals surface area contributed by atoms with E-state index in [-0.39, 0.29) is 12.4 Å². The van der Waals surface area contributed by atoms with E-state index in [0.29, 0.717) is 0 Å². The smallest absolute Gasteiger partial charge is 0.0718 e. The lowest BCUT2D eigenvalue weighted by Gasteiger charge is -2.36. The van der Waals surface area contributed by atoms with E-state index < -0.39 is 0 Å². The van der Waals surface area contributed by atoms with Crippen LogP contribution in [0.15, 0.2) is 47.6 Å². The van der Waals surface area contributed by atoms with Crippen LogP contribution in [0.3, 0.4) is 0 Å². The number of piperazine rings is 1. The van der Waals surface area contributed by atoms with Gasteiger partial charge in [0, 0.05) is 31.9 Å². The van der Waals surface area contributed by atoms with Crippen LogP contribution in [0.1, 0.15) is 58.4 Å². The van der Waals surface area contributed by atoms with Crippen molar-refractivity contribution in [2.24, 2.45) is 0 Å². The Labute approximate surface area is 191 Å². The second-order valence-electron chi connectivity index (χ2n) is 8.43. The number of unbranched alkanes of at least 4 members (excludes halogenated alkanes) is 1. The molecule has 1 aromatic carbocycles. The van der Waals surface area contributed by atoms with E-state index in [1.54, 1.807) is 0 Å². The van der Waals surface area contributed by atoms with E-state index in [9.17, 15) is 0 Å². The molecule has 0 bridgehead atoms. The van der Waals surface area contributed by atoms with Gasteiger partial charge in [-0.1, -0.05) is 56.5 Å². The molecule has 4 heteroatoms. The number of aryl methyl sites for hydroxylation is 1. The van der Waals surface area contributed by atoms with Crippen molar-refractivity contribution in [3.05, 3.63) is 53.1 Å². The average molecular weight is 435 g/mol. The minimum absolute atomic E-state index is 0. The number of anilines is 1. The first-order valence-electron chi connectivity index (χ1n) is 11.5. The van der Waals surface area contributed by atoms with Crippen molar-refractivity contribution in [1.29, 1.82) is 0 Å². The van der Waals surface area contributed by atoms with E-state index in [4.69, 9.17) is 4.74 Å². The van der Waals surface area contributed by atoms with Crippen LogP contribution in [-0.4, -0.2) is 50.8 Å². The summed E-state index contributed by atoms with van der Waals surface area (Å²) in [7, 11) is 0. The Bertz CT molecular complexity index is 644. The molecule has 3 rings (SSSR count). The number of nitrogens with zero attached hydrogens (tertiary/aromatic N) is 2. The zero-order valence-electron chi connectivity index (χ0n) is 19.7. The summed E-state index contributed by atoms with van der Waals surface area (Å²) in [6.07, 6.45) is 6.02. The molecule has 1 aromatic rings. The third-order valence-corrected chi connectivity index (χ3v) is 6.03. The summed E-state index contributed by atoms with van der Waals surface area (Å²) < 4.78 is 5.60. The van der Waals surface area contributed by atoms with Crippen LogP contribution in [0.5, 0.6) is 0 Å². The zero-order valence-corrected chi connectivity index (χ0v) is 20.5. The molecule has 0 radical (unpaired) electrons. The Morgan fingerprint density at radius 2 is 1.67 bits per heavy atom. The van der Waals surface area contributed by atoms with Crippen LogP contribution in [0.4, 0.5) is 5.69 Å². The quantitative estimate of drug-likeness (QED) is 0.513. The maximum atomic E-state index is 5.60. The van der Waals surface area contributed by atoms with Crippen molar-refractivity contribution in [1.82, 2.24) is 4.90 Å². The number of hydrogen-bond acceptors (Lipinski definition) is 3. The van der Waals surface area contributed by atoms with Gasteiger partial charge in [-0.05, 0) is 62.9 Å². The lowest BCUT2D eigenvalue weighted by Crippen LogP contribution is -2.46. The molecule has 2 aliphatic rings. The van der Waals surface area contributed by atoms with Gasteiger partial charge in [-0.3, -0.25) is 4.90 Å². The van der Waals surface area contributed by atoms with Gasteiger partial charge in [0.15, 0.2) is 0 Å². The highest BCUT2D eigenvalue weighted by atomic mass is 35.5. The maximum Gasteiger partial charge on any atom is 0.0718 e. The van der Waals surface area contributed by atoms with Crippen molar-refractivity contribution in [3.8, 4) is 0 Å². The van der Waals surface area contributed by atoms with E-state index in [1.807, 2.05) is 0 Å². The molecular formula is C26H43ClN2O. The molecule has 170 valence electrons. The summed E-state index contributed by atoms with van der Waals surface area (Å²) in [5.74, 6) is 0. The fourth-order valence-electron chi connectivity index (χ4n) is 3.75. The number of hydrogen-bond donors (Lipinski definition) is 0. The summed E-state index contributed by atoms with van der Waals surface area (Å²) in [5.41, 5.74) is 6.83. The Balaban J connectivity index is 0.000000827. The molecule has 0 atom stereocenters. The number of benzene rings is 1. The van der Waals surface area contributed by atoms with E-state index in [1.165, 1.54) is 66.9 Å². The molecule has 0 unspecified atom stereocenters. The molecule has 0 aromatic heterocycles. The Morgan fingerprint density at radius 3 is 2.23 bits per heavy atom. The molecule has 2 saturated heterocycles. The van der Waals surface area contributed by atoms with Gasteiger partial charge in [0.25, 0.3) is 0 Å². The summed E-state index contributed by atoms with van der Waals surface area (Å²) in [6.45, 7) is 20.4. The van der Waals surface area contributed by atoms with Crippen LogP contribution in [0, 0.1) is 6.92 Å². The summed E-state index contributed by atoms with van der Waals surface area (Å²) >= 11 is 0. The van der Waals surface area contributed by atoms with Gasteiger partial charge in [-0.2, -0.15) is 0 Å². The van der Waals surface area contributed by atoms with Crippen LogP contribution < -0.4 is 4.90 Å². The Morgan fingerprint density at radius 1 is 1.03 bits per heavy atom. The van der Waals surface area contributed by atoms with Gasteiger partial charge in [-0.25, -0.2) is 0 Å². The first kappa shape index (κ1) is 26.7. The van der Waals surface area contributed by atoms with Crippen LogP contribution in [-0.2, 0) is 4.74 Å². The zero-order chi connectivity index (χ0) is 21.1. The van der Waals surface area contributed by atoms with E-state index in [0.717, 1.165) is 39.1 Å². The van der Waals surface area contributed by atoms with E-state index >= 15 is 0 Å². The van der Waals surface area contributed by atoms with Crippen molar-refractivity contribution < 1.29 is 4.74 Å². The fourth-order valence-corrected chi connectivity index (χ4v) is 3.75. The second kappa shape index (κ2) is 14.7. The topological polar surface area (TPSA) is 15.7 Å². The number of allylic oxidation sites excluding steroid dienone is 1. The standard InChI is InChI=1S/C22H32N2O.C4H10.ClH/c1-18-6-8-21(9-7-18)24-14-12-23(13-15-24)11-4-5-19(2)22-17-25-16-10-20(22)3;1-3-4-2;/h6-9H,3-5,10-17H2,1-2H3;3-4H2,1-2H3;1H/b22-19+;;. The van der Waals surface area contributed by atoms with Gasteiger partial charge in [0.2, 0.25) is 0 Å². The molecule has 2 heterocycles. The molecule has 0 amide bonds. The summed E-state index contributed by atoms with van der Waals surface area (Å²) in [4.78, 5) is 5.11. The highest BCUT2D eigenvalue weighted by Gasteiger charge is 2.17. The lowest BCUT2D eigenvalue weighted by molar-refractivity contribution is 0.145. The highest BCUT2D eigenvalue weighted by molar-refractivity contribution is 5.85. The number of rotatable bonds is 6. The third-order valence-electron chi connectivity index (χ3n) is 6.03. The molecule has 3 nitrogen and oxygen atoms in total. The average Bonchev–Trinajstić information content (AvgIpc) is 2.75. The minimum Gasteiger partial charge on any atom is -0.376 e. The first-order chi connectivity index (χ1) is 14.0. The van der Waals surface area contributed by atoms with Gasteiger partial charge < -0.3 is 9.64 Å². The molecule has 0 N–H and O–H groups in total. The predicted molar refractivity (Wildman–Crippen MR) is 134 cm³/mol. The first-order valence-corrected chi connectivity index (χ1v) is 11.5. The largest absolute Gasteiger partial charge is 0.376 e. The highest BCUT2D eigenvalue weighted by Crippen LogP contribution is 2.24. The van der Waals surface area contributed by atoms with Crippen molar-refractivity contribution in [3.63, 3.8) is 0 Å². The van der Waals surface area contributed by atoms with Gasteiger partial charge in [-0.15, -0.1) is 12.4 Å². The van der Waals surface area contributed by atoms with E-state index in [2.05, 4.69) is 68.3 Å². The number of halogens is 1. The molecule has 0 spiro atoms. The molecule has 30 heavy (non-hydrogen) atoms. The molecule has 2 fully saturated rings. The summed E-state index contributed by atoms with van der Waals surface area (Å²) in [5, 5.41) is 0. The van der Waals surface area contributed by atoms with Crippen molar-refractivity contribution in [2.45, 2.75) is 59.8 Å². The van der Waals surface area contributed by atoms with Crippen molar-refractivity contribution in [2.75, 3.05) is 50.8 Å². The van der Waals surface area contributed by atoms with Gasteiger partial charge in [0.05, 0.1) is 13.2 Å². The van der Waals surface area contributed by atoms with Gasteiger partial charge >= 0.3 is 0 Å². The van der Waals surface area contributed by atoms with Crippen LogP contribution >= 0.6 is 12.4 Å². The predicted octanol–water partition coefficient (Wildman–Crippen LogP) is 6.42. The normalized spacial score (nSPS) is 18.9. The minimum atomic E-state index is 0. The Kier molecular flexibility index (Phi) is 13.1. The van der Waals surface area contributed by atoms with Gasteiger partial charge in [0.1, 0.15) is 0 Å². The second-order valence-corrected chi connectivity index (χ2v) is 8.43. The van der Waals surface area contributed by atoms with Crippen LogP contribution in [0.25, 0.3) is 0 Å². The molecular weight excluding hydrogens is 392 g/mol. The van der Waals surface area contributed by atoms with Crippen molar-refractivity contribution >= 4 is 18.1 Å². The molecule has 2 aliphatic heterocycles. The maximum absolute atomic E-state index is 5.60. The monoisotopic (exact) mass is 434 g/mol. The third kappa shape index (κ3) is 8.83. The molecule has 0 saturated carbocycles. The molecule has 0 aliphatic carbocycles. The Hall–Kier alpha value is -1.29.